The molecule has 2 aliphatic heterocycles. The molecule has 2 heterocycles. The highest BCUT2D eigenvalue weighted by atomic mass is 16.5. The van der Waals surface area contributed by atoms with Crippen molar-refractivity contribution in [3.63, 3.8) is 0 Å². The molecule has 0 spiro atoms. The SMILES string of the molecule is COC(=O)C1CCCN1C(=O)c1ccc2c(c1)CCN2C(C)=O. The Bertz CT molecular complexity index is 671. The summed E-state index contributed by atoms with van der Waals surface area (Å²) in [6, 6.07) is 4.90. The molecule has 1 aromatic carbocycles. The number of anilines is 1. The molecule has 2 amide bonds. The van der Waals surface area contributed by atoms with Gasteiger partial charge in [-0.05, 0) is 43.0 Å². The minimum atomic E-state index is -0.491. The molecule has 1 fully saturated rings. The van der Waals surface area contributed by atoms with Crippen molar-refractivity contribution < 1.29 is 19.1 Å². The molecule has 0 aliphatic carbocycles. The van der Waals surface area contributed by atoms with Crippen molar-refractivity contribution in [1.82, 2.24) is 4.90 Å². The smallest absolute Gasteiger partial charge is 0.328 e. The van der Waals surface area contributed by atoms with Gasteiger partial charge in [-0.15, -0.1) is 0 Å². The minimum Gasteiger partial charge on any atom is -0.467 e. The lowest BCUT2D eigenvalue weighted by Crippen LogP contribution is -2.41. The van der Waals surface area contributed by atoms with E-state index in [9.17, 15) is 14.4 Å². The first-order chi connectivity index (χ1) is 11.0. The van der Waals surface area contributed by atoms with E-state index in [1.807, 2.05) is 12.1 Å². The average Bonchev–Trinajstić information content (AvgIpc) is 3.19. The number of methoxy groups -OCH3 is 1. The van der Waals surface area contributed by atoms with E-state index in [1.54, 1.807) is 22.8 Å². The fourth-order valence-corrected chi connectivity index (χ4v) is 3.42. The molecule has 6 nitrogen and oxygen atoms in total. The Balaban J connectivity index is 1.84. The third-order valence-electron chi connectivity index (χ3n) is 4.59. The van der Waals surface area contributed by atoms with E-state index in [0.717, 1.165) is 24.1 Å². The molecule has 0 radical (unpaired) electrons. The number of nitrogens with zero attached hydrogens (tertiary/aromatic N) is 2. The summed E-state index contributed by atoms with van der Waals surface area (Å²) < 4.78 is 4.79. The number of carbonyl (C=O) groups excluding carboxylic acids is 3. The maximum Gasteiger partial charge on any atom is 0.328 e. The Kier molecular flexibility index (Phi) is 4.07. The lowest BCUT2D eigenvalue weighted by Gasteiger charge is -2.23. The van der Waals surface area contributed by atoms with Crippen LogP contribution < -0.4 is 4.90 Å². The second-order valence-electron chi connectivity index (χ2n) is 5.94. The molecule has 1 aromatic rings. The Morgan fingerprint density at radius 1 is 1.22 bits per heavy atom. The summed E-state index contributed by atoms with van der Waals surface area (Å²) in [5.74, 6) is -0.505. The van der Waals surface area contributed by atoms with Crippen molar-refractivity contribution in [1.29, 1.82) is 0 Å². The molecule has 0 saturated carbocycles. The first-order valence-electron chi connectivity index (χ1n) is 7.82. The standard InChI is InChI=1S/C17H20N2O4/c1-11(20)18-9-7-12-10-13(5-6-14(12)18)16(21)19-8-3-4-15(19)17(22)23-2/h5-6,10,15H,3-4,7-9H2,1-2H3. The number of fused-ring (bicyclic) bond motifs is 1. The molecular formula is C17H20N2O4. The summed E-state index contributed by atoms with van der Waals surface area (Å²) in [6.07, 6.45) is 2.19. The monoisotopic (exact) mass is 316 g/mol. The Morgan fingerprint density at radius 3 is 2.70 bits per heavy atom. The molecule has 6 heteroatoms. The molecule has 1 unspecified atom stereocenters. The number of ether oxygens (including phenoxy) is 1. The molecule has 3 rings (SSSR count). The fourth-order valence-electron chi connectivity index (χ4n) is 3.42. The van der Waals surface area contributed by atoms with Gasteiger partial charge in [0.1, 0.15) is 6.04 Å². The number of carbonyl (C=O) groups is 3. The van der Waals surface area contributed by atoms with Gasteiger partial charge in [-0.3, -0.25) is 9.59 Å². The average molecular weight is 316 g/mol. The van der Waals surface area contributed by atoms with E-state index in [2.05, 4.69) is 0 Å². The second-order valence-corrected chi connectivity index (χ2v) is 5.94. The van der Waals surface area contributed by atoms with Crippen molar-refractivity contribution in [3.05, 3.63) is 29.3 Å². The van der Waals surface area contributed by atoms with Gasteiger partial charge in [0.15, 0.2) is 0 Å². The Morgan fingerprint density at radius 2 is 2.00 bits per heavy atom. The Labute approximate surface area is 135 Å². The van der Waals surface area contributed by atoms with E-state index < -0.39 is 6.04 Å². The zero-order valence-corrected chi connectivity index (χ0v) is 13.4. The fraction of sp³-hybridized carbons (Fsp3) is 0.471. The van der Waals surface area contributed by atoms with Gasteiger partial charge in [0.05, 0.1) is 7.11 Å². The third-order valence-corrected chi connectivity index (χ3v) is 4.59. The van der Waals surface area contributed by atoms with Gasteiger partial charge in [-0.1, -0.05) is 0 Å². The topological polar surface area (TPSA) is 66.9 Å². The first kappa shape index (κ1) is 15.5. The van der Waals surface area contributed by atoms with Crippen LogP contribution in [0, 0.1) is 0 Å². The van der Waals surface area contributed by atoms with Crippen LogP contribution in [0.25, 0.3) is 0 Å². The number of benzene rings is 1. The second kappa shape index (κ2) is 6.02. The number of hydrogen-bond donors (Lipinski definition) is 0. The molecule has 0 N–H and O–H groups in total. The molecule has 23 heavy (non-hydrogen) atoms. The van der Waals surface area contributed by atoms with Crippen molar-refractivity contribution in [2.45, 2.75) is 32.2 Å². The highest BCUT2D eigenvalue weighted by Crippen LogP contribution is 2.30. The van der Waals surface area contributed by atoms with Gasteiger partial charge in [0.25, 0.3) is 5.91 Å². The van der Waals surface area contributed by atoms with Gasteiger partial charge in [0.2, 0.25) is 5.91 Å². The van der Waals surface area contributed by atoms with Crippen LogP contribution in [0.15, 0.2) is 18.2 Å². The summed E-state index contributed by atoms with van der Waals surface area (Å²) in [5, 5.41) is 0. The number of likely N-dealkylation sites (tertiary alicyclic amines) is 1. The minimum absolute atomic E-state index is 0.00752. The highest BCUT2D eigenvalue weighted by Gasteiger charge is 2.35. The summed E-state index contributed by atoms with van der Waals surface area (Å²) >= 11 is 0. The van der Waals surface area contributed by atoms with Crippen LogP contribution in [0.1, 0.15) is 35.7 Å². The lowest BCUT2D eigenvalue weighted by molar-refractivity contribution is -0.145. The van der Waals surface area contributed by atoms with Crippen LogP contribution in [0.5, 0.6) is 0 Å². The molecule has 1 saturated heterocycles. The van der Waals surface area contributed by atoms with Crippen LogP contribution in [0.2, 0.25) is 0 Å². The maximum atomic E-state index is 12.7. The molecular weight excluding hydrogens is 296 g/mol. The lowest BCUT2D eigenvalue weighted by atomic mass is 10.1. The van der Waals surface area contributed by atoms with Crippen LogP contribution in [-0.2, 0) is 20.7 Å². The number of esters is 1. The highest BCUT2D eigenvalue weighted by molar-refractivity contribution is 5.99. The number of amides is 2. The predicted molar refractivity (Wildman–Crippen MR) is 84.2 cm³/mol. The van der Waals surface area contributed by atoms with E-state index in [-0.39, 0.29) is 17.8 Å². The van der Waals surface area contributed by atoms with E-state index in [4.69, 9.17) is 4.74 Å². The van der Waals surface area contributed by atoms with Gasteiger partial charge < -0.3 is 14.5 Å². The van der Waals surface area contributed by atoms with Gasteiger partial charge in [-0.25, -0.2) is 4.79 Å². The molecule has 0 bridgehead atoms. The third kappa shape index (κ3) is 2.69. The van der Waals surface area contributed by atoms with Gasteiger partial charge in [0, 0.05) is 31.3 Å². The molecule has 122 valence electrons. The Hall–Kier alpha value is -2.37. The number of hydrogen-bond acceptors (Lipinski definition) is 4. The van der Waals surface area contributed by atoms with Gasteiger partial charge >= 0.3 is 5.97 Å². The van der Waals surface area contributed by atoms with Crippen LogP contribution in [0.3, 0.4) is 0 Å². The quantitative estimate of drug-likeness (QED) is 0.773. The van der Waals surface area contributed by atoms with Gasteiger partial charge in [-0.2, -0.15) is 0 Å². The molecule has 1 atom stereocenters. The molecule has 2 aliphatic rings. The van der Waals surface area contributed by atoms with Crippen LogP contribution >= 0.6 is 0 Å². The first-order valence-corrected chi connectivity index (χ1v) is 7.82. The van der Waals surface area contributed by atoms with E-state index in [0.29, 0.717) is 25.1 Å². The predicted octanol–water partition coefficient (Wildman–Crippen LogP) is 1.37. The largest absolute Gasteiger partial charge is 0.467 e. The summed E-state index contributed by atoms with van der Waals surface area (Å²) in [7, 11) is 1.34. The molecule has 0 aromatic heterocycles. The van der Waals surface area contributed by atoms with Crippen molar-refractivity contribution >= 4 is 23.5 Å². The zero-order valence-electron chi connectivity index (χ0n) is 13.4. The maximum absolute atomic E-state index is 12.7. The summed E-state index contributed by atoms with van der Waals surface area (Å²) in [5.41, 5.74) is 2.44. The van der Waals surface area contributed by atoms with Crippen LogP contribution in [-0.4, -0.2) is 48.9 Å². The summed E-state index contributed by atoms with van der Waals surface area (Å²) in [6.45, 7) is 2.76. The normalized spacial score (nSPS) is 19.7. The summed E-state index contributed by atoms with van der Waals surface area (Å²) in [4.78, 5) is 39.4. The number of rotatable bonds is 2. The van der Waals surface area contributed by atoms with E-state index >= 15 is 0 Å². The zero-order chi connectivity index (χ0) is 16.6. The van der Waals surface area contributed by atoms with Crippen molar-refractivity contribution in [2.24, 2.45) is 0 Å². The van der Waals surface area contributed by atoms with Crippen molar-refractivity contribution in [2.75, 3.05) is 25.1 Å². The van der Waals surface area contributed by atoms with Crippen LogP contribution in [0.4, 0.5) is 5.69 Å². The van der Waals surface area contributed by atoms with Crippen molar-refractivity contribution in [3.8, 4) is 0 Å². The van der Waals surface area contributed by atoms with E-state index in [1.165, 1.54) is 7.11 Å².